The first kappa shape index (κ1) is 13.8. The number of esters is 1. The van der Waals surface area contributed by atoms with E-state index in [9.17, 15) is 9.18 Å². The van der Waals surface area contributed by atoms with Gasteiger partial charge in [-0.1, -0.05) is 30.3 Å². The van der Waals surface area contributed by atoms with Crippen LogP contribution < -0.4 is 4.74 Å². The Morgan fingerprint density at radius 3 is 2.48 bits per heavy atom. The Morgan fingerprint density at radius 2 is 1.71 bits per heavy atom. The first-order chi connectivity index (χ1) is 10.1. The molecule has 3 rings (SSSR count). The monoisotopic (exact) mass is 344 g/mol. The molecule has 0 heterocycles. The van der Waals surface area contributed by atoms with Crippen LogP contribution in [-0.4, -0.2) is 5.97 Å². The summed E-state index contributed by atoms with van der Waals surface area (Å²) in [6, 6.07) is 17.0. The predicted molar refractivity (Wildman–Crippen MR) is 83.0 cm³/mol. The van der Waals surface area contributed by atoms with E-state index in [-0.39, 0.29) is 5.75 Å². The van der Waals surface area contributed by atoms with Gasteiger partial charge in [0.2, 0.25) is 0 Å². The molecule has 0 amide bonds. The highest BCUT2D eigenvalue weighted by molar-refractivity contribution is 9.10. The van der Waals surface area contributed by atoms with Gasteiger partial charge in [-0.05, 0) is 57.0 Å². The number of hydrogen-bond donors (Lipinski definition) is 0. The molecular weight excluding hydrogens is 335 g/mol. The van der Waals surface area contributed by atoms with Gasteiger partial charge in [-0.15, -0.1) is 0 Å². The summed E-state index contributed by atoms with van der Waals surface area (Å²) in [5, 5.41) is 2.02. The molecule has 0 unspecified atom stereocenters. The lowest BCUT2D eigenvalue weighted by Gasteiger charge is -2.07. The van der Waals surface area contributed by atoms with E-state index in [1.54, 1.807) is 12.1 Å². The fourth-order valence-corrected chi connectivity index (χ4v) is 2.46. The molecule has 0 radical (unpaired) electrons. The second-order valence-electron chi connectivity index (χ2n) is 4.53. The van der Waals surface area contributed by atoms with Gasteiger partial charge >= 0.3 is 5.97 Å². The number of halogens is 2. The molecular formula is C17H10BrFO2. The van der Waals surface area contributed by atoms with Gasteiger partial charge in [0, 0.05) is 0 Å². The molecule has 0 aliphatic rings. The van der Waals surface area contributed by atoms with Crippen LogP contribution >= 0.6 is 15.9 Å². The van der Waals surface area contributed by atoms with Crippen LogP contribution in [0.15, 0.2) is 65.1 Å². The lowest BCUT2D eigenvalue weighted by molar-refractivity contribution is 0.0733. The Kier molecular flexibility index (Phi) is 3.71. The van der Waals surface area contributed by atoms with Crippen molar-refractivity contribution in [2.45, 2.75) is 0 Å². The van der Waals surface area contributed by atoms with E-state index in [2.05, 4.69) is 15.9 Å². The Hall–Kier alpha value is -2.20. The summed E-state index contributed by atoms with van der Waals surface area (Å²) >= 11 is 3.17. The number of benzene rings is 3. The maximum absolute atomic E-state index is 13.0. The van der Waals surface area contributed by atoms with Crippen molar-refractivity contribution in [3.63, 3.8) is 0 Å². The summed E-state index contributed by atoms with van der Waals surface area (Å²) < 4.78 is 18.7. The van der Waals surface area contributed by atoms with E-state index in [1.807, 2.05) is 30.3 Å². The van der Waals surface area contributed by atoms with Crippen molar-refractivity contribution in [1.29, 1.82) is 0 Å². The van der Waals surface area contributed by atoms with E-state index in [0.29, 0.717) is 10.0 Å². The van der Waals surface area contributed by atoms with Crippen molar-refractivity contribution in [3.8, 4) is 5.75 Å². The third-order valence-electron chi connectivity index (χ3n) is 3.08. The first-order valence-electron chi connectivity index (χ1n) is 6.29. The van der Waals surface area contributed by atoms with Crippen molar-refractivity contribution in [2.24, 2.45) is 0 Å². The summed E-state index contributed by atoms with van der Waals surface area (Å²) in [7, 11) is 0. The van der Waals surface area contributed by atoms with Crippen molar-refractivity contribution >= 4 is 32.7 Å². The molecule has 0 bridgehead atoms. The number of hydrogen-bond acceptors (Lipinski definition) is 2. The quantitative estimate of drug-likeness (QED) is 0.485. The van der Waals surface area contributed by atoms with Crippen LogP contribution in [0.5, 0.6) is 5.75 Å². The Bertz CT molecular complexity index is 830. The zero-order valence-corrected chi connectivity index (χ0v) is 12.4. The zero-order chi connectivity index (χ0) is 14.8. The maximum Gasteiger partial charge on any atom is 0.343 e. The van der Waals surface area contributed by atoms with Crippen molar-refractivity contribution in [3.05, 3.63) is 76.5 Å². The van der Waals surface area contributed by atoms with E-state index in [0.717, 1.165) is 10.8 Å². The Morgan fingerprint density at radius 1 is 0.952 bits per heavy atom. The van der Waals surface area contributed by atoms with Crippen LogP contribution in [0, 0.1) is 5.82 Å². The molecule has 0 aliphatic carbocycles. The van der Waals surface area contributed by atoms with E-state index < -0.39 is 11.8 Å². The van der Waals surface area contributed by atoms with Crippen LogP contribution in [0.3, 0.4) is 0 Å². The number of carbonyl (C=O) groups is 1. The maximum atomic E-state index is 13.0. The summed E-state index contributed by atoms with van der Waals surface area (Å²) in [6.07, 6.45) is 0. The topological polar surface area (TPSA) is 26.3 Å². The molecule has 4 heteroatoms. The molecule has 3 aromatic rings. The van der Waals surface area contributed by atoms with Crippen LogP contribution in [0.2, 0.25) is 0 Å². The number of ether oxygens (including phenoxy) is 1. The fourth-order valence-electron chi connectivity index (χ4n) is 2.03. The minimum absolute atomic E-state index is 0.287. The average molecular weight is 345 g/mol. The summed E-state index contributed by atoms with van der Waals surface area (Å²) in [5.41, 5.74) is 0.449. The van der Waals surface area contributed by atoms with E-state index >= 15 is 0 Å². The average Bonchev–Trinajstić information content (AvgIpc) is 2.49. The third kappa shape index (κ3) is 2.95. The zero-order valence-electron chi connectivity index (χ0n) is 10.8. The number of carbonyl (C=O) groups excluding carboxylic acids is 1. The lowest BCUT2D eigenvalue weighted by Crippen LogP contribution is -2.08. The van der Waals surface area contributed by atoms with E-state index in [4.69, 9.17) is 4.74 Å². The third-order valence-corrected chi connectivity index (χ3v) is 3.70. The summed E-state index contributed by atoms with van der Waals surface area (Å²) in [4.78, 5) is 12.2. The number of fused-ring (bicyclic) bond motifs is 1. The standard InChI is InChI=1S/C17H10BrFO2/c18-15-10-14(19)7-8-16(15)21-17(20)13-6-5-11-3-1-2-4-12(11)9-13/h1-10H. The highest BCUT2D eigenvalue weighted by Gasteiger charge is 2.12. The van der Waals surface area contributed by atoms with Gasteiger partial charge in [-0.25, -0.2) is 9.18 Å². The van der Waals surface area contributed by atoms with Crippen molar-refractivity contribution < 1.29 is 13.9 Å². The molecule has 0 aliphatic heterocycles. The van der Waals surface area contributed by atoms with Gasteiger partial charge in [0.15, 0.2) is 0 Å². The minimum atomic E-state index is -0.479. The van der Waals surface area contributed by atoms with Gasteiger partial charge < -0.3 is 4.74 Å². The molecule has 0 spiro atoms. The van der Waals surface area contributed by atoms with Gasteiger partial charge in [0.05, 0.1) is 10.0 Å². The summed E-state index contributed by atoms with van der Waals surface area (Å²) in [5.74, 6) is -0.588. The molecule has 2 nitrogen and oxygen atoms in total. The fraction of sp³-hybridized carbons (Fsp3) is 0. The molecule has 104 valence electrons. The molecule has 21 heavy (non-hydrogen) atoms. The van der Waals surface area contributed by atoms with Gasteiger partial charge in [0.1, 0.15) is 11.6 Å². The van der Waals surface area contributed by atoms with Gasteiger partial charge in [-0.2, -0.15) is 0 Å². The van der Waals surface area contributed by atoms with Crippen molar-refractivity contribution in [2.75, 3.05) is 0 Å². The molecule has 0 atom stereocenters. The molecule has 0 saturated carbocycles. The smallest absolute Gasteiger partial charge is 0.343 e. The molecule has 0 N–H and O–H groups in total. The van der Waals surface area contributed by atoms with Crippen LogP contribution in [0.1, 0.15) is 10.4 Å². The molecule has 0 aromatic heterocycles. The summed E-state index contributed by atoms with van der Waals surface area (Å²) in [6.45, 7) is 0. The largest absolute Gasteiger partial charge is 0.422 e. The lowest BCUT2D eigenvalue weighted by atomic mass is 10.1. The molecule has 3 aromatic carbocycles. The van der Waals surface area contributed by atoms with Gasteiger partial charge in [0.25, 0.3) is 0 Å². The minimum Gasteiger partial charge on any atom is -0.422 e. The highest BCUT2D eigenvalue weighted by atomic mass is 79.9. The first-order valence-corrected chi connectivity index (χ1v) is 7.09. The number of rotatable bonds is 2. The predicted octanol–water partition coefficient (Wildman–Crippen LogP) is 4.96. The molecule has 0 fully saturated rings. The van der Waals surface area contributed by atoms with Crippen LogP contribution in [0.25, 0.3) is 10.8 Å². The van der Waals surface area contributed by atoms with E-state index in [1.165, 1.54) is 18.2 Å². The van der Waals surface area contributed by atoms with Gasteiger partial charge in [-0.3, -0.25) is 0 Å². The molecule has 0 saturated heterocycles. The van der Waals surface area contributed by atoms with Crippen molar-refractivity contribution in [1.82, 2.24) is 0 Å². The second kappa shape index (κ2) is 5.66. The highest BCUT2D eigenvalue weighted by Crippen LogP contribution is 2.26. The SMILES string of the molecule is O=C(Oc1ccc(F)cc1Br)c1ccc2ccccc2c1. The van der Waals surface area contributed by atoms with Crippen LogP contribution in [0.4, 0.5) is 4.39 Å². The Labute approximate surface area is 129 Å². The normalized spacial score (nSPS) is 10.6. The van der Waals surface area contributed by atoms with Crippen LogP contribution in [-0.2, 0) is 0 Å². The second-order valence-corrected chi connectivity index (χ2v) is 5.38. The Balaban J connectivity index is 1.89.